The fourth-order valence-electron chi connectivity index (χ4n) is 3.63. The maximum Gasteiger partial charge on any atom is 0.411 e. The number of H-pyrrole nitrogens is 1. The minimum Gasteiger partial charge on any atom is -0.444 e. The molecule has 1 heterocycles. The summed E-state index contributed by atoms with van der Waals surface area (Å²) in [6.45, 7) is 7.94. The molecular weight excluding hydrogens is 456 g/mol. The third-order valence-corrected chi connectivity index (χ3v) is 5.30. The van der Waals surface area contributed by atoms with Gasteiger partial charge in [-0.25, -0.2) is 9.89 Å². The minimum absolute atomic E-state index is 0.122. The standard InChI is InChI=1S/C28H32N4O4/c1-5-6-17-32(27(35)36-28(2,3)4)18-10-9-16-24(33)29-21-13-11-12-20(19-21)25-22-14-7-8-15-23(22)26(34)31-30-25/h7-8,11-15,19H,9-10,16-18H2,1-4H3,(H,29,33)(H,31,34). The number of benzene rings is 2. The van der Waals surface area contributed by atoms with Crippen molar-refractivity contribution in [2.75, 3.05) is 18.4 Å². The van der Waals surface area contributed by atoms with Crippen LogP contribution in [0.2, 0.25) is 0 Å². The van der Waals surface area contributed by atoms with E-state index in [1.807, 2.05) is 63.2 Å². The highest BCUT2D eigenvalue weighted by Crippen LogP contribution is 2.26. The molecule has 0 bridgehead atoms. The Morgan fingerprint density at radius 3 is 2.56 bits per heavy atom. The first-order chi connectivity index (χ1) is 17.2. The average molecular weight is 489 g/mol. The van der Waals surface area contributed by atoms with Crippen molar-refractivity contribution in [2.24, 2.45) is 0 Å². The summed E-state index contributed by atoms with van der Waals surface area (Å²) in [7, 11) is 0. The highest BCUT2D eigenvalue weighted by atomic mass is 16.6. The lowest BCUT2D eigenvalue weighted by atomic mass is 10.0. The first kappa shape index (κ1) is 26.5. The fraction of sp³-hybridized carbons (Fsp3) is 0.357. The monoisotopic (exact) mass is 488 g/mol. The first-order valence-corrected chi connectivity index (χ1v) is 11.9. The van der Waals surface area contributed by atoms with E-state index in [0.29, 0.717) is 42.6 Å². The third kappa shape index (κ3) is 7.44. The van der Waals surface area contributed by atoms with Gasteiger partial charge in [-0.1, -0.05) is 36.3 Å². The van der Waals surface area contributed by atoms with E-state index in [-0.39, 0.29) is 18.0 Å². The van der Waals surface area contributed by atoms with Crippen molar-refractivity contribution in [1.29, 1.82) is 0 Å². The van der Waals surface area contributed by atoms with Gasteiger partial charge in [0.15, 0.2) is 0 Å². The van der Waals surface area contributed by atoms with Gasteiger partial charge in [-0.2, -0.15) is 5.10 Å². The van der Waals surface area contributed by atoms with Gasteiger partial charge in [0.05, 0.1) is 17.6 Å². The molecule has 0 saturated carbocycles. The second kappa shape index (κ2) is 12.0. The lowest BCUT2D eigenvalue weighted by molar-refractivity contribution is -0.116. The van der Waals surface area contributed by atoms with Gasteiger partial charge in [0.2, 0.25) is 5.91 Å². The largest absolute Gasteiger partial charge is 0.444 e. The smallest absolute Gasteiger partial charge is 0.411 e. The number of carbonyl (C=O) groups excluding carboxylic acids is 2. The fourth-order valence-corrected chi connectivity index (χ4v) is 3.63. The summed E-state index contributed by atoms with van der Waals surface area (Å²) in [5, 5.41) is 11.0. The second-order valence-corrected chi connectivity index (χ2v) is 9.36. The van der Waals surface area contributed by atoms with Gasteiger partial charge < -0.3 is 10.1 Å². The number of ether oxygens (including phenoxy) is 1. The summed E-state index contributed by atoms with van der Waals surface area (Å²) in [5.41, 5.74) is 1.23. The number of unbranched alkanes of at least 4 members (excludes halogenated alkanes) is 1. The Morgan fingerprint density at radius 1 is 1.08 bits per heavy atom. The Kier molecular flexibility index (Phi) is 8.85. The van der Waals surface area contributed by atoms with E-state index in [2.05, 4.69) is 27.4 Å². The maximum absolute atomic E-state index is 12.6. The number of carbonyl (C=O) groups is 2. The lowest BCUT2D eigenvalue weighted by Gasteiger charge is -2.26. The zero-order valence-electron chi connectivity index (χ0n) is 21.2. The highest BCUT2D eigenvalue weighted by molar-refractivity contribution is 5.95. The third-order valence-electron chi connectivity index (χ3n) is 5.30. The lowest BCUT2D eigenvalue weighted by Crippen LogP contribution is -2.37. The summed E-state index contributed by atoms with van der Waals surface area (Å²) in [5.74, 6) is 5.57. The number of nitrogens with one attached hydrogen (secondary N) is 2. The second-order valence-electron chi connectivity index (χ2n) is 9.36. The predicted octanol–water partition coefficient (Wildman–Crippen LogP) is 4.96. The van der Waals surface area contributed by atoms with Gasteiger partial charge in [0.1, 0.15) is 5.60 Å². The van der Waals surface area contributed by atoms with Gasteiger partial charge >= 0.3 is 6.09 Å². The van der Waals surface area contributed by atoms with Gasteiger partial charge in [0.25, 0.3) is 5.56 Å². The van der Waals surface area contributed by atoms with E-state index in [9.17, 15) is 14.4 Å². The summed E-state index contributed by atoms with van der Waals surface area (Å²) in [6.07, 6.45) is 1.16. The van der Waals surface area contributed by atoms with E-state index < -0.39 is 11.7 Å². The predicted molar refractivity (Wildman–Crippen MR) is 142 cm³/mol. The number of rotatable bonds is 8. The van der Waals surface area contributed by atoms with Crippen molar-refractivity contribution in [3.8, 4) is 23.1 Å². The van der Waals surface area contributed by atoms with Crippen LogP contribution in [0.25, 0.3) is 22.0 Å². The molecule has 0 saturated heterocycles. The average Bonchev–Trinajstić information content (AvgIpc) is 2.83. The molecule has 0 atom stereocenters. The van der Waals surface area contributed by atoms with Crippen LogP contribution >= 0.6 is 0 Å². The van der Waals surface area contributed by atoms with Crippen molar-refractivity contribution in [3.05, 3.63) is 58.9 Å². The minimum atomic E-state index is -0.583. The normalized spacial score (nSPS) is 10.9. The zero-order chi connectivity index (χ0) is 26.1. The number of nitrogens with zero attached hydrogens (tertiary/aromatic N) is 2. The molecule has 188 valence electrons. The van der Waals surface area contributed by atoms with Crippen LogP contribution in [-0.4, -0.2) is 45.8 Å². The molecule has 8 nitrogen and oxygen atoms in total. The molecule has 1 aromatic heterocycles. The molecular formula is C28H32N4O4. The van der Waals surface area contributed by atoms with E-state index in [1.54, 1.807) is 17.9 Å². The van der Waals surface area contributed by atoms with Gasteiger partial charge in [-0.05, 0) is 58.7 Å². The van der Waals surface area contributed by atoms with Crippen molar-refractivity contribution in [3.63, 3.8) is 0 Å². The molecule has 2 amide bonds. The molecule has 0 aliphatic heterocycles. The molecule has 3 aromatic rings. The molecule has 0 radical (unpaired) electrons. The van der Waals surface area contributed by atoms with Crippen LogP contribution in [0.15, 0.2) is 53.3 Å². The van der Waals surface area contributed by atoms with Crippen LogP contribution in [0.5, 0.6) is 0 Å². The molecule has 2 aromatic carbocycles. The topological polar surface area (TPSA) is 104 Å². The SMILES string of the molecule is CC#CCN(CCCCC(=O)Nc1cccc(-c2n[nH]c(=O)c3ccccc23)c1)C(=O)OC(C)(C)C. The van der Waals surface area contributed by atoms with E-state index in [1.165, 1.54) is 0 Å². The Morgan fingerprint density at radius 2 is 1.83 bits per heavy atom. The molecule has 0 fully saturated rings. The van der Waals surface area contributed by atoms with E-state index >= 15 is 0 Å². The Hall–Kier alpha value is -4.12. The Labute approximate surface area is 211 Å². The molecule has 36 heavy (non-hydrogen) atoms. The number of hydrogen-bond donors (Lipinski definition) is 2. The van der Waals surface area contributed by atoms with Crippen molar-refractivity contribution in [1.82, 2.24) is 15.1 Å². The molecule has 0 aliphatic carbocycles. The van der Waals surface area contributed by atoms with Gasteiger partial charge in [-0.3, -0.25) is 14.5 Å². The van der Waals surface area contributed by atoms with Crippen LogP contribution in [0.4, 0.5) is 10.5 Å². The molecule has 0 aliphatic rings. The van der Waals surface area contributed by atoms with Crippen LogP contribution in [0, 0.1) is 11.8 Å². The quantitative estimate of drug-likeness (QED) is 0.345. The highest BCUT2D eigenvalue weighted by Gasteiger charge is 2.21. The number of hydrogen-bond acceptors (Lipinski definition) is 5. The summed E-state index contributed by atoms with van der Waals surface area (Å²) >= 11 is 0. The molecule has 2 N–H and O–H groups in total. The number of fused-ring (bicyclic) bond motifs is 1. The van der Waals surface area contributed by atoms with E-state index in [4.69, 9.17) is 4.74 Å². The summed E-state index contributed by atoms with van der Waals surface area (Å²) in [4.78, 5) is 38.6. The van der Waals surface area contributed by atoms with Crippen LogP contribution in [0.3, 0.4) is 0 Å². The molecule has 0 spiro atoms. The van der Waals surface area contributed by atoms with Crippen LogP contribution in [-0.2, 0) is 9.53 Å². The first-order valence-electron chi connectivity index (χ1n) is 11.9. The Balaban J connectivity index is 1.58. The zero-order valence-corrected chi connectivity index (χ0v) is 21.2. The van der Waals surface area contributed by atoms with Crippen molar-refractivity contribution < 1.29 is 14.3 Å². The van der Waals surface area contributed by atoms with Crippen molar-refractivity contribution >= 4 is 28.5 Å². The number of aromatic amines is 1. The van der Waals surface area contributed by atoms with Gasteiger partial charge in [0, 0.05) is 29.6 Å². The Bertz CT molecular complexity index is 1350. The van der Waals surface area contributed by atoms with Crippen LogP contribution < -0.4 is 10.9 Å². The summed E-state index contributed by atoms with van der Waals surface area (Å²) in [6, 6.07) is 14.6. The maximum atomic E-state index is 12.6. The molecule has 3 rings (SSSR count). The number of amides is 2. The summed E-state index contributed by atoms with van der Waals surface area (Å²) < 4.78 is 5.45. The number of aromatic nitrogens is 2. The number of anilines is 1. The van der Waals surface area contributed by atoms with Crippen LogP contribution in [0.1, 0.15) is 47.0 Å². The molecule has 0 unspecified atom stereocenters. The van der Waals surface area contributed by atoms with E-state index in [0.717, 1.165) is 10.9 Å². The van der Waals surface area contributed by atoms with Gasteiger partial charge in [-0.15, -0.1) is 5.92 Å². The van der Waals surface area contributed by atoms with Crippen molar-refractivity contribution in [2.45, 2.75) is 52.6 Å². The molecule has 8 heteroatoms.